The lowest BCUT2D eigenvalue weighted by Crippen LogP contribution is -2.08. The molecule has 0 aliphatic carbocycles. The normalized spacial score (nSPS) is 11.2. The number of methoxy groups -OCH3 is 1. The number of hydrogen-bond donors (Lipinski definition) is 0. The van der Waals surface area contributed by atoms with E-state index in [1.807, 2.05) is 0 Å². The van der Waals surface area contributed by atoms with E-state index in [4.69, 9.17) is 18.3 Å². The van der Waals surface area contributed by atoms with Crippen LogP contribution in [0, 0.1) is 0 Å². The fourth-order valence-electron chi connectivity index (χ4n) is 1.45. The molecule has 20 heavy (non-hydrogen) atoms. The Morgan fingerprint density at radius 3 is 2.35 bits per heavy atom. The van der Waals surface area contributed by atoms with Gasteiger partial charge in [-0.3, -0.25) is 13.8 Å². The van der Waals surface area contributed by atoms with Crippen LogP contribution in [-0.4, -0.2) is 31.1 Å². The number of aromatic nitrogens is 1. The van der Waals surface area contributed by atoms with Crippen molar-refractivity contribution >= 4 is 13.6 Å². The van der Waals surface area contributed by atoms with Gasteiger partial charge in [0.05, 0.1) is 20.3 Å². The van der Waals surface area contributed by atoms with Crippen molar-refractivity contribution < 1.29 is 27.7 Å². The Bertz CT molecular complexity index is 509. The largest absolute Gasteiger partial charge is 0.530 e. The number of phosphoric acid groups is 1. The average Bonchev–Trinajstić information content (AvgIpc) is 2.39. The quantitative estimate of drug-likeness (QED) is 0.539. The molecule has 0 amide bonds. The number of ether oxygens (including phenoxy) is 1. The molecule has 7 nitrogen and oxygen atoms in total. The summed E-state index contributed by atoms with van der Waals surface area (Å²) in [6.45, 7) is 4.90. The second-order valence-corrected chi connectivity index (χ2v) is 5.21. The molecule has 0 spiro atoms. The summed E-state index contributed by atoms with van der Waals surface area (Å²) in [6.07, 6.45) is 1.40. The number of pyridine rings is 1. The van der Waals surface area contributed by atoms with Gasteiger partial charge in [-0.25, -0.2) is 9.55 Å². The van der Waals surface area contributed by atoms with Gasteiger partial charge in [-0.15, -0.1) is 0 Å². The maximum Gasteiger partial charge on any atom is 0.530 e. The zero-order chi connectivity index (χ0) is 15.2. The van der Waals surface area contributed by atoms with E-state index in [0.29, 0.717) is 0 Å². The van der Waals surface area contributed by atoms with E-state index in [2.05, 4.69) is 4.98 Å². The van der Waals surface area contributed by atoms with Crippen molar-refractivity contribution in [3.63, 3.8) is 0 Å². The van der Waals surface area contributed by atoms with Crippen LogP contribution < -0.4 is 9.26 Å². The van der Waals surface area contributed by atoms with Crippen LogP contribution >= 0.6 is 7.82 Å². The van der Waals surface area contributed by atoms with Crippen molar-refractivity contribution in [1.29, 1.82) is 0 Å². The third kappa shape index (κ3) is 4.03. The van der Waals surface area contributed by atoms with Gasteiger partial charge in [-0.2, -0.15) is 0 Å². The molecule has 0 saturated heterocycles. The highest BCUT2D eigenvalue weighted by atomic mass is 31.2. The number of rotatable bonds is 8. The van der Waals surface area contributed by atoms with Gasteiger partial charge in [0, 0.05) is 19.2 Å². The second kappa shape index (κ2) is 7.38. The van der Waals surface area contributed by atoms with Crippen LogP contribution in [0.25, 0.3) is 0 Å². The van der Waals surface area contributed by atoms with Gasteiger partial charge in [0.2, 0.25) is 5.75 Å². The first-order valence-electron chi connectivity index (χ1n) is 6.10. The Hall–Kier alpha value is -1.43. The first kappa shape index (κ1) is 16.6. The molecule has 112 valence electrons. The lowest BCUT2D eigenvalue weighted by atomic mass is 10.2. The molecule has 0 radical (unpaired) electrons. The predicted molar refractivity (Wildman–Crippen MR) is 72.3 cm³/mol. The van der Waals surface area contributed by atoms with Crippen LogP contribution in [0.4, 0.5) is 0 Å². The molecule has 0 aliphatic rings. The zero-order valence-corrected chi connectivity index (χ0v) is 12.8. The van der Waals surface area contributed by atoms with Gasteiger partial charge < -0.3 is 9.26 Å². The Balaban J connectivity index is 3.23. The molecule has 0 fully saturated rings. The monoisotopic (exact) mass is 303 g/mol. The fraction of sp³-hybridized carbons (Fsp3) is 0.500. The van der Waals surface area contributed by atoms with Crippen LogP contribution in [0.15, 0.2) is 12.3 Å². The topological polar surface area (TPSA) is 84.0 Å². The number of nitrogens with zero attached hydrogens (tertiary/aromatic N) is 1. The van der Waals surface area contributed by atoms with Crippen molar-refractivity contribution in [2.24, 2.45) is 0 Å². The van der Waals surface area contributed by atoms with E-state index >= 15 is 0 Å². The standard InChI is InChI=1S/C12H18NO6P/c1-5-17-20(15,18-6-2)19-12-10(16-4)7-8-13-11(12)9(3)14/h7-8H,5-6H2,1-4H3. The van der Waals surface area contributed by atoms with Crippen LogP contribution in [0.1, 0.15) is 31.3 Å². The van der Waals surface area contributed by atoms with Gasteiger partial charge in [0.25, 0.3) is 0 Å². The van der Waals surface area contributed by atoms with E-state index in [9.17, 15) is 9.36 Å². The van der Waals surface area contributed by atoms with Crippen LogP contribution in [0.2, 0.25) is 0 Å². The molecule has 0 atom stereocenters. The second-order valence-electron chi connectivity index (χ2n) is 3.62. The van der Waals surface area contributed by atoms with Gasteiger partial charge >= 0.3 is 7.82 Å². The molecule has 0 saturated carbocycles. The summed E-state index contributed by atoms with van der Waals surface area (Å²) in [6, 6.07) is 1.49. The highest BCUT2D eigenvalue weighted by Crippen LogP contribution is 2.51. The molecular weight excluding hydrogens is 285 g/mol. The minimum Gasteiger partial charge on any atom is -0.493 e. The molecule has 1 aromatic rings. The van der Waals surface area contributed by atoms with Crippen molar-refractivity contribution in [2.75, 3.05) is 20.3 Å². The summed E-state index contributed by atoms with van der Waals surface area (Å²) in [5, 5.41) is 0. The minimum absolute atomic E-state index is 0.00369. The van der Waals surface area contributed by atoms with Crippen LogP contribution in [0.3, 0.4) is 0 Å². The number of carbonyl (C=O) groups is 1. The number of carbonyl (C=O) groups excluding carboxylic acids is 1. The summed E-state index contributed by atoms with van der Waals surface area (Å²) >= 11 is 0. The lowest BCUT2D eigenvalue weighted by molar-refractivity contribution is 0.100. The molecule has 8 heteroatoms. The van der Waals surface area contributed by atoms with Gasteiger partial charge in [-0.1, -0.05) is 0 Å². The van der Waals surface area contributed by atoms with Gasteiger partial charge in [0.1, 0.15) is 0 Å². The van der Waals surface area contributed by atoms with Crippen molar-refractivity contribution in [2.45, 2.75) is 20.8 Å². The first-order valence-corrected chi connectivity index (χ1v) is 7.56. The molecular formula is C12H18NO6P. The highest BCUT2D eigenvalue weighted by molar-refractivity contribution is 7.48. The number of Topliss-reactive ketones (excluding diaryl/α,β-unsaturated/α-hetero) is 1. The maximum atomic E-state index is 12.4. The summed E-state index contributed by atoms with van der Waals surface area (Å²) in [5.74, 6) is -0.170. The summed E-state index contributed by atoms with van der Waals surface area (Å²) in [5.41, 5.74) is 0.00369. The molecule has 0 unspecified atom stereocenters. The zero-order valence-electron chi connectivity index (χ0n) is 11.9. The summed E-state index contributed by atoms with van der Waals surface area (Å²) < 4.78 is 32.8. The maximum absolute atomic E-state index is 12.4. The lowest BCUT2D eigenvalue weighted by Gasteiger charge is -2.19. The van der Waals surface area contributed by atoms with Crippen molar-refractivity contribution in [3.8, 4) is 11.5 Å². The van der Waals surface area contributed by atoms with Crippen molar-refractivity contribution in [1.82, 2.24) is 4.98 Å². The smallest absolute Gasteiger partial charge is 0.493 e. The Labute approximate surface area is 117 Å². The number of phosphoric ester groups is 1. The third-order valence-corrected chi connectivity index (χ3v) is 3.75. The third-order valence-electron chi connectivity index (χ3n) is 2.20. The van der Waals surface area contributed by atoms with Gasteiger partial charge in [-0.05, 0) is 13.8 Å². The van der Waals surface area contributed by atoms with Crippen molar-refractivity contribution in [3.05, 3.63) is 18.0 Å². The minimum atomic E-state index is -3.82. The van der Waals surface area contributed by atoms with E-state index in [1.165, 1.54) is 26.3 Å². The van der Waals surface area contributed by atoms with Crippen LogP contribution in [-0.2, 0) is 13.6 Å². The molecule has 0 aromatic carbocycles. The van der Waals surface area contributed by atoms with E-state index in [-0.39, 0.29) is 36.2 Å². The summed E-state index contributed by atoms with van der Waals surface area (Å²) in [4.78, 5) is 15.5. The summed E-state index contributed by atoms with van der Waals surface area (Å²) in [7, 11) is -2.42. The highest BCUT2D eigenvalue weighted by Gasteiger charge is 2.31. The Morgan fingerprint density at radius 1 is 1.30 bits per heavy atom. The van der Waals surface area contributed by atoms with E-state index < -0.39 is 7.82 Å². The van der Waals surface area contributed by atoms with E-state index in [1.54, 1.807) is 13.8 Å². The molecule has 1 aromatic heterocycles. The SMILES string of the molecule is CCOP(=O)(OCC)Oc1c(OC)ccnc1C(C)=O. The van der Waals surface area contributed by atoms with Crippen LogP contribution in [0.5, 0.6) is 11.5 Å². The number of ketones is 1. The molecule has 1 rings (SSSR count). The molecule has 0 bridgehead atoms. The molecule has 0 N–H and O–H groups in total. The first-order chi connectivity index (χ1) is 9.47. The molecule has 1 heterocycles. The molecule has 0 aliphatic heterocycles. The van der Waals surface area contributed by atoms with Gasteiger partial charge in [0.15, 0.2) is 17.2 Å². The van der Waals surface area contributed by atoms with E-state index in [0.717, 1.165) is 0 Å². The average molecular weight is 303 g/mol. The Morgan fingerprint density at radius 2 is 1.90 bits per heavy atom. The Kier molecular flexibility index (Phi) is 6.13. The number of hydrogen-bond acceptors (Lipinski definition) is 7. The fourth-order valence-corrected chi connectivity index (χ4v) is 2.66. The predicted octanol–water partition coefficient (Wildman–Crippen LogP) is 2.85.